The van der Waals surface area contributed by atoms with Gasteiger partial charge in [0.2, 0.25) is 0 Å². The Hall–Kier alpha value is -2.08. The average molecular weight is 375 g/mol. The highest BCUT2D eigenvalue weighted by atomic mass is 32.1. The van der Waals surface area contributed by atoms with E-state index in [1.807, 2.05) is 49.0 Å². The summed E-state index contributed by atoms with van der Waals surface area (Å²) in [6.45, 7) is 12.4. The van der Waals surface area contributed by atoms with Crippen LogP contribution in [0.25, 0.3) is 5.69 Å². The lowest BCUT2D eigenvalue weighted by Gasteiger charge is -2.28. The van der Waals surface area contributed by atoms with E-state index in [0.717, 1.165) is 24.5 Å². The fourth-order valence-electron chi connectivity index (χ4n) is 3.02. The second-order valence-electron chi connectivity index (χ2n) is 7.56. The van der Waals surface area contributed by atoms with Gasteiger partial charge < -0.3 is 10.2 Å². The van der Waals surface area contributed by atoms with Crippen LogP contribution >= 0.6 is 12.2 Å². The summed E-state index contributed by atoms with van der Waals surface area (Å²) >= 11 is 5.64. The van der Waals surface area contributed by atoms with E-state index < -0.39 is 0 Å². The van der Waals surface area contributed by atoms with E-state index in [9.17, 15) is 4.79 Å². The average Bonchev–Trinajstić information content (AvgIpc) is 2.77. The molecule has 0 fully saturated rings. The van der Waals surface area contributed by atoms with E-state index in [0.29, 0.717) is 22.6 Å². The largest absolute Gasteiger partial charge is 0.349 e. The summed E-state index contributed by atoms with van der Waals surface area (Å²) in [6, 6.07) is 9.64. The van der Waals surface area contributed by atoms with Gasteiger partial charge in [-0.15, -0.1) is 0 Å². The van der Waals surface area contributed by atoms with Crippen molar-refractivity contribution in [2.45, 2.75) is 34.6 Å². The predicted octanol–water partition coefficient (Wildman–Crippen LogP) is 3.80. The quantitative estimate of drug-likeness (QED) is 0.781. The van der Waals surface area contributed by atoms with E-state index in [-0.39, 0.29) is 5.56 Å². The van der Waals surface area contributed by atoms with E-state index in [1.165, 1.54) is 0 Å². The third-order valence-electron chi connectivity index (χ3n) is 4.24. The molecule has 2 aromatic rings. The first-order valence-corrected chi connectivity index (χ1v) is 9.53. The van der Waals surface area contributed by atoms with E-state index >= 15 is 0 Å². The molecule has 0 saturated heterocycles. The fraction of sp³-hybridized carbons (Fsp3) is 0.500. The van der Waals surface area contributed by atoms with Crippen LogP contribution in [0.4, 0.5) is 5.69 Å². The highest BCUT2D eigenvalue weighted by molar-refractivity contribution is 7.80. The number of nitrogens with zero attached hydrogens (tertiary/aromatic N) is 3. The van der Waals surface area contributed by atoms with Crippen LogP contribution in [-0.4, -0.2) is 32.5 Å². The lowest BCUT2D eigenvalue weighted by atomic mass is 10.1. The Kier molecular flexibility index (Phi) is 6.64. The Bertz CT molecular complexity index is 795. The van der Waals surface area contributed by atoms with Crippen molar-refractivity contribution in [2.24, 2.45) is 18.9 Å². The summed E-state index contributed by atoms with van der Waals surface area (Å²) in [5, 5.41) is 3.83. The summed E-state index contributed by atoms with van der Waals surface area (Å²) in [6.07, 6.45) is 0. The van der Waals surface area contributed by atoms with Crippen LogP contribution in [0.1, 0.15) is 33.4 Å². The van der Waals surface area contributed by atoms with Crippen LogP contribution in [0, 0.1) is 18.8 Å². The number of hydrogen-bond acceptors (Lipinski definition) is 2. The van der Waals surface area contributed by atoms with Crippen molar-refractivity contribution >= 4 is 23.0 Å². The first-order chi connectivity index (χ1) is 12.2. The summed E-state index contributed by atoms with van der Waals surface area (Å²) in [5.74, 6) is 0.984. The third-order valence-corrected chi connectivity index (χ3v) is 4.60. The SMILES string of the molecule is Cc1c(NC(=S)N(CC(C)C)CC(C)C)c(=O)n(-c2ccccc2)n1C. The van der Waals surface area contributed by atoms with Crippen LogP contribution in [-0.2, 0) is 7.05 Å². The fourth-order valence-corrected chi connectivity index (χ4v) is 3.27. The zero-order valence-corrected chi connectivity index (χ0v) is 17.4. The van der Waals surface area contributed by atoms with Crippen LogP contribution < -0.4 is 10.9 Å². The smallest absolute Gasteiger partial charge is 0.295 e. The second kappa shape index (κ2) is 8.54. The Labute approximate surface area is 161 Å². The highest BCUT2D eigenvalue weighted by Crippen LogP contribution is 2.15. The Morgan fingerprint density at radius 2 is 1.65 bits per heavy atom. The standard InChI is InChI=1S/C20H30N4OS/c1-14(2)12-23(13-15(3)4)20(26)21-18-16(5)22(6)24(19(18)25)17-10-8-7-9-11-17/h7-11,14-15H,12-13H2,1-6H3,(H,21,26). The van der Waals surface area contributed by atoms with Crippen molar-refractivity contribution in [2.75, 3.05) is 18.4 Å². The van der Waals surface area contributed by atoms with Gasteiger partial charge in [-0.25, -0.2) is 4.68 Å². The molecule has 1 aromatic heterocycles. The number of anilines is 1. The molecular formula is C20H30N4OS. The first kappa shape index (κ1) is 20.2. The van der Waals surface area contributed by atoms with Gasteiger partial charge in [0.1, 0.15) is 5.69 Å². The minimum Gasteiger partial charge on any atom is -0.349 e. The van der Waals surface area contributed by atoms with Crippen molar-refractivity contribution in [3.63, 3.8) is 0 Å². The summed E-state index contributed by atoms with van der Waals surface area (Å²) < 4.78 is 3.52. The normalized spacial score (nSPS) is 11.2. The van der Waals surface area contributed by atoms with Gasteiger partial charge in [-0.2, -0.15) is 0 Å². The third kappa shape index (κ3) is 4.55. The maximum atomic E-state index is 13.0. The number of nitrogens with one attached hydrogen (secondary N) is 1. The lowest BCUT2D eigenvalue weighted by Crippen LogP contribution is -2.40. The molecule has 0 atom stereocenters. The minimum absolute atomic E-state index is 0.0902. The number of aromatic nitrogens is 2. The Balaban J connectivity index is 2.34. The molecule has 0 radical (unpaired) electrons. The molecule has 142 valence electrons. The molecule has 0 bridgehead atoms. The summed E-state index contributed by atoms with van der Waals surface area (Å²) in [4.78, 5) is 15.2. The molecule has 0 saturated carbocycles. The molecular weight excluding hydrogens is 344 g/mol. The van der Waals surface area contributed by atoms with E-state index in [2.05, 4.69) is 37.9 Å². The van der Waals surface area contributed by atoms with Gasteiger partial charge in [0.25, 0.3) is 5.56 Å². The predicted molar refractivity (Wildman–Crippen MR) is 113 cm³/mol. The molecule has 1 N–H and O–H groups in total. The number of para-hydroxylation sites is 1. The first-order valence-electron chi connectivity index (χ1n) is 9.12. The van der Waals surface area contributed by atoms with Crippen molar-refractivity contribution in [3.8, 4) is 5.69 Å². The van der Waals surface area contributed by atoms with Crippen molar-refractivity contribution in [1.29, 1.82) is 0 Å². The van der Waals surface area contributed by atoms with Gasteiger partial charge >= 0.3 is 0 Å². The van der Waals surface area contributed by atoms with Gasteiger partial charge in [-0.05, 0) is 43.1 Å². The lowest BCUT2D eigenvalue weighted by molar-refractivity contribution is 0.332. The molecule has 6 heteroatoms. The number of hydrogen-bond donors (Lipinski definition) is 1. The maximum absolute atomic E-state index is 13.0. The summed E-state index contributed by atoms with van der Waals surface area (Å²) in [7, 11) is 1.89. The molecule has 2 rings (SSSR count). The highest BCUT2D eigenvalue weighted by Gasteiger charge is 2.20. The van der Waals surface area contributed by atoms with Crippen molar-refractivity contribution in [1.82, 2.24) is 14.3 Å². The maximum Gasteiger partial charge on any atom is 0.295 e. The van der Waals surface area contributed by atoms with Gasteiger partial charge in [-0.1, -0.05) is 45.9 Å². The molecule has 26 heavy (non-hydrogen) atoms. The van der Waals surface area contributed by atoms with Crippen molar-refractivity contribution < 1.29 is 0 Å². The zero-order chi connectivity index (χ0) is 19.4. The molecule has 0 unspecified atom stereocenters. The van der Waals surface area contributed by atoms with Gasteiger partial charge in [-0.3, -0.25) is 9.48 Å². The van der Waals surface area contributed by atoms with E-state index in [1.54, 1.807) is 4.68 Å². The Morgan fingerprint density at radius 1 is 1.12 bits per heavy atom. The second-order valence-corrected chi connectivity index (χ2v) is 7.95. The van der Waals surface area contributed by atoms with Crippen LogP contribution in [0.2, 0.25) is 0 Å². The molecule has 0 amide bonds. The molecule has 0 aliphatic carbocycles. The number of benzene rings is 1. The number of thiocarbonyl (C=S) groups is 1. The molecule has 0 aliphatic rings. The molecule has 1 aromatic carbocycles. The van der Waals surface area contributed by atoms with E-state index in [4.69, 9.17) is 12.2 Å². The van der Waals surface area contributed by atoms with Crippen LogP contribution in [0.15, 0.2) is 35.1 Å². The van der Waals surface area contributed by atoms with Crippen molar-refractivity contribution in [3.05, 3.63) is 46.4 Å². The van der Waals surface area contributed by atoms with Gasteiger partial charge in [0.15, 0.2) is 5.11 Å². The van der Waals surface area contributed by atoms with Gasteiger partial charge in [0.05, 0.1) is 11.4 Å². The Morgan fingerprint density at radius 3 is 2.15 bits per heavy atom. The van der Waals surface area contributed by atoms with Crippen LogP contribution in [0.5, 0.6) is 0 Å². The topological polar surface area (TPSA) is 42.2 Å². The molecule has 0 spiro atoms. The van der Waals surface area contributed by atoms with Gasteiger partial charge in [0, 0.05) is 20.1 Å². The number of rotatable bonds is 6. The van der Waals surface area contributed by atoms with Crippen LogP contribution in [0.3, 0.4) is 0 Å². The molecule has 5 nitrogen and oxygen atoms in total. The monoisotopic (exact) mass is 374 g/mol. The zero-order valence-electron chi connectivity index (χ0n) is 16.6. The molecule has 1 heterocycles. The molecule has 0 aliphatic heterocycles. The summed E-state index contributed by atoms with van der Waals surface area (Å²) in [5.41, 5.74) is 2.14. The minimum atomic E-state index is -0.0902.